The first-order chi connectivity index (χ1) is 9.58. The fourth-order valence-electron chi connectivity index (χ4n) is 3.67. The Kier molecular flexibility index (Phi) is 3.85. The standard InChI is InChI=1S/C17H27N3O/c1-10(2)12-8-9-13(20-19-12)14(21)18-15-16(4,5)11(3)17(15,6)7/h8-11,15H,1-7H3,(H,18,21). The van der Waals surface area contributed by atoms with Crippen LogP contribution in [0.15, 0.2) is 12.1 Å². The zero-order valence-electron chi connectivity index (χ0n) is 14.2. The summed E-state index contributed by atoms with van der Waals surface area (Å²) < 4.78 is 0. The Hall–Kier alpha value is -1.45. The van der Waals surface area contributed by atoms with Crippen LogP contribution in [0, 0.1) is 16.7 Å². The molecule has 1 aliphatic rings. The number of hydrogen-bond acceptors (Lipinski definition) is 3. The van der Waals surface area contributed by atoms with Gasteiger partial charge in [-0.15, -0.1) is 5.10 Å². The lowest BCUT2D eigenvalue weighted by Crippen LogP contribution is -2.69. The SMILES string of the molecule is CC(C)c1ccc(C(=O)NC2C(C)(C)C(C)C2(C)C)nn1. The summed E-state index contributed by atoms with van der Waals surface area (Å²) in [6.45, 7) is 15.2. The van der Waals surface area contributed by atoms with Crippen LogP contribution in [-0.2, 0) is 0 Å². The van der Waals surface area contributed by atoms with Crippen LogP contribution in [0.5, 0.6) is 0 Å². The van der Waals surface area contributed by atoms with Crippen LogP contribution in [0.3, 0.4) is 0 Å². The van der Waals surface area contributed by atoms with Gasteiger partial charge in [-0.2, -0.15) is 5.10 Å². The predicted molar refractivity (Wildman–Crippen MR) is 84.1 cm³/mol. The van der Waals surface area contributed by atoms with Crippen molar-refractivity contribution >= 4 is 5.91 Å². The van der Waals surface area contributed by atoms with Gasteiger partial charge in [0.1, 0.15) is 0 Å². The lowest BCUT2D eigenvalue weighted by Gasteiger charge is -2.63. The van der Waals surface area contributed by atoms with Crippen LogP contribution in [0.25, 0.3) is 0 Å². The Bertz CT molecular complexity index is 515. The molecule has 0 spiro atoms. The van der Waals surface area contributed by atoms with E-state index in [0.717, 1.165) is 5.69 Å². The van der Waals surface area contributed by atoms with Crippen molar-refractivity contribution in [2.45, 2.75) is 60.4 Å². The topological polar surface area (TPSA) is 54.9 Å². The summed E-state index contributed by atoms with van der Waals surface area (Å²) in [5.74, 6) is 0.750. The van der Waals surface area contributed by atoms with Crippen LogP contribution in [0.4, 0.5) is 0 Å². The van der Waals surface area contributed by atoms with Gasteiger partial charge in [-0.05, 0) is 34.8 Å². The highest BCUT2D eigenvalue weighted by molar-refractivity contribution is 5.92. The number of amides is 1. The Labute approximate surface area is 127 Å². The molecular formula is C17H27N3O. The van der Waals surface area contributed by atoms with Gasteiger partial charge in [0.15, 0.2) is 5.69 Å². The molecule has 116 valence electrons. The molecule has 1 aliphatic carbocycles. The highest BCUT2D eigenvalue weighted by atomic mass is 16.2. The zero-order chi connectivity index (χ0) is 16.0. The van der Waals surface area contributed by atoms with Gasteiger partial charge in [-0.1, -0.05) is 48.5 Å². The van der Waals surface area contributed by atoms with Gasteiger partial charge in [0, 0.05) is 6.04 Å². The first-order valence-corrected chi connectivity index (χ1v) is 7.73. The summed E-state index contributed by atoms with van der Waals surface area (Å²) in [5, 5.41) is 11.3. The van der Waals surface area contributed by atoms with E-state index in [2.05, 4.69) is 64.0 Å². The van der Waals surface area contributed by atoms with E-state index in [0.29, 0.717) is 17.5 Å². The van der Waals surface area contributed by atoms with Crippen molar-refractivity contribution in [3.8, 4) is 0 Å². The summed E-state index contributed by atoms with van der Waals surface area (Å²) >= 11 is 0. The Morgan fingerprint density at radius 3 is 2.14 bits per heavy atom. The van der Waals surface area contributed by atoms with Crippen LogP contribution in [0.1, 0.15) is 70.6 Å². The molecular weight excluding hydrogens is 262 g/mol. The van der Waals surface area contributed by atoms with Crippen molar-refractivity contribution in [3.05, 3.63) is 23.5 Å². The van der Waals surface area contributed by atoms with Crippen LogP contribution < -0.4 is 5.32 Å². The monoisotopic (exact) mass is 289 g/mol. The van der Waals surface area contributed by atoms with E-state index in [4.69, 9.17) is 0 Å². The second-order valence-electron chi connectivity index (χ2n) is 7.77. The average Bonchev–Trinajstić information content (AvgIpc) is 2.43. The lowest BCUT2D eigenvalue weighted by atomic mass is 9.45. The molecule has 1 aromatic heterocycles. The number of rotatable bonds is 3. The minimum atomic E-state index is -0.129. The quantitative estimate of drug-likeness (QED) is 0.928. The number of aromatic nitrogens is 2. The molecule has 1 amide bonds. The molecule has 1 fully saturated rings. The van der Waals surface area contributed by atoms with Crippen LogP contribution in [0.2, 0.25) is 0 Å². The molecule has 1 N–H and O–H groups in total. The van der Waals surface area contributed by atoms with Crippen molar-refractivity contribution in [1.29, 1.82) is 0 Å². The Balaban J connectivity index is 2.12. The van der Waals surface area contributed by atoms with Gasteiger partial charge in [0.05, 0.1) is 5.69 Å². The van der Waals surface area contributed by atoms with Gasteiger partial charge in [0.25, 0.3) is 5.91 Å². The van der Waals surface area contributed by atoms with E-state index in [-0.39, 0.29) is 22.8 Å². The van der Waals surface area contributed by atoms with E-state index >= 15 is 0 Å². The second-order valence-corrected chi connectivity index (χ2v) is 7.77. The van der Waals surface area contributed by atoms with Crippen molar-refractivity contribution in [2.24, 2.45) is 16.7 Å². The first kappa shape index (κ1) is 15.9. The van der Waals surface area contributed by atoms with E-state index in [9.17, 15) is 4.79 Å². The number of nitrogens with zero attached hydrogens (tertiary/aromatic N) is 2. The maximum absolute atomic E-state index is 12.4. The fraction of sp³-hybridized carbons (Fsp3) is 0.706. The summed E-state index contributed by atoms with van der Waals surface area (Å²) in [4.78, 5) is 12.4. The molecule has 0 atom stereocenters. The molecule has 0 saturated heterocycles. The van der Waals surface area contributed by atoms with Crippen molar-refractivity contribution < 1.29 is 4.79 Å². The zero-order valence-corrected chi connectivity index (χ0v) is 14.2. The molecule has 1 heterocycles. The summed E-state index contributed by atoms with van der Waals surface area (Å²) in [6.07, 6.45) is 0. The van der Waals surface area contributed by atoms with E-state index in [1.807, 2.05) is 6.07 Å². The number of carbonyl (C=O) groups excluding carboxylic acids is 1. The van der Waals surface area contributed by atoms with Crippen molar-refractivity contribution in [2.75, 3.05) is 0 Å². The lowest BCUT2D eigenvalue weighted by molar-refractivity contribution is -0.110. The third-order valence-corrected chi connectivity index (χ3v) is 5.50. The van der Waals surface area contributed by atoms with Crippen LogP contribution in [-0.4, -0.2) is 22.1 Å². The van der Waals surface area contributed by atoms with Gasteiger partial charge in [0.2, 0.25) is 0 Å². The van der Waals surface area contributed by atoms with Gasteiger partial charge in [-0.25, -0.2) is 0 Å². The van der Waals surface area contributed by atoms with E-state index < -0.39 is 0 Å². The Morgan fingerprint density at radius 1 is 1.14 bits per heavy atom. The summed E-state index contributed by atoms with van der Waals surface area (Å²) in [6, 6.07) is 3.80. The molecule has 0 bridgehead atoms. The maximum Gasteiger partial charge on any atom is 0.272 e. The molecule has 4 heteroatoms. The van der Waals surface area contributed by atoms with Crippen molar-refractivity contribution in [1.82, 2.24) is 15.5 Å². The molecule has 1 saturated carbocycles. The van der Waals surface area contributed by atoms with Crippen molar-refractivity contribution in [3.63, 3.8) is 0 Å². The van der Waals surface area contributed by atoms with Gasteiger partial charge in [-0.3, -0.25) is 4.79 Å². The third kappa shape index (κ3) is 2.56. The van der Waals surface area contributed by atoms with Gasteiger partial charge < -0.3 is 5.32 Å². The molecule has 4 nitrogen and oxygen atoms in total. The summed E-state index contributed by atoms with van der Waals surface area (Å²) in [7, 11) is 0. The molecule has 0 radical (unpaired) electrons. The molecule has 0 aliphatic heterocycles. The summed E-state index contributed by atoms with van der Waals surface area (Å²) in [5.41, 5.74) is 1.50. The highest BCUT2D eigenvalue weighted by Gasteiger charge is 2.59. The fourth-order valence-corrected chi connectivity index (χ4v) is 3.67. The molecule has 0 aromatic carbocycles. The average molecular weight is 289 g/mol. The maximum atomic E-state index is 12.4. The number of nitrogens with one attached hydrogen (secondary N) is 1. The molecule has 2 rings (SSSR count). The number of carbonyl (C=O) groups is 1. The van der Waals surface area contributed by atoms with Crippen LogP contribution >= 0.6 is 0 Å². The minimum absolute atomic E-state index is 0.102. The molecule has 0 unspecified atom stereocenters. The van der Waals surface area contributed by atoms with Gasteiger partial charge >= 0.3 is 0 Å². The molecule has 21 heavy (non-hydrogen) atoms. The third-order valence-electron chi connectivity index (χ3n) is 5.50. The largest absolute Gasteiger partial charge is 0.347 e. The van der Waals surface area contributed by atoms with E-state index in [1.54, 1.807) is 6.07 Å². The number of hydrogen-bond donors (Lipinski definition) is 1. The highest BCUT2D eigenvalue weighted by Crippen LogP contribution is 2.58. The minimum Gasteiger partial charge on any atom is -0.347 e. The first-order valence-electron chi connectivity index (χ1n) is 7.73. The van der Waals surface area contributed by atoms with E-state index in [1.165, 1.54) is 0 Å². The second kappa shape index (κ2) is 5.08. The Morgan fingerprint density at radius 2 is 1.71 bits per heavy atom. The molecule has 1 aromatic rings. The smallest absolute Gasteiger partial charge is 0.272 e. The predicted octanol–water partition coefficient (Wildman–Crippen LogP) is 3.40. The normalized spacial score (nSPS) is 26.3.